The topological polar surface area (TPSA) is 88.7 Å². The summed E-state index contributed by atoms with van der Waals surface area (Å²) >= 11 is 0. The van der Waals surface area contributed by atoms with Gasteiger partial charge in [-0.15, -0.1) is 0 Å². The van der Waals surface area contributed by atoms with Gasteiger partial charge in [-0.25, -0.2) is 0 Å². The maximum Gasteiger partial charge on any atom is 0.251 e. The second kappa shape index (κ2) is 13.8. The van der Waals surface area contributed by atoms with Crippen molar-refractivity contribution < 1.29 is 19.1 Å². The van der Waals surface area contributed by atoms with Gasteiger partial charge in [0.2, 0.25) is 5.91 Å². The number of carbonyl (C=O) groups is 2. The van der Waals surface area contributed by atoms with Crippen LogP contribution in [0.25, 0.3) is 0 Å². The van der Waals surface area contributed by atoms with E-state index in [0.717, 1.165) is 33.9 Å². The smallest absolute Gasteiger partial charge is 0.251 e. The van der Waals surface area contributed by atoms with E-state index < -0.39 is 6.04 Å². The van der Waals surface area contributed by atoms with Crippen LogP contribution in [0, 0.1) is 13.8 Å². The highest BCUT2D eigenvalue weighted by Gasteiger charge is 2.22. The Bertz CT molecular complexity index is 1400. The van der Waals surface area contributed by atoms with Crippen molar-refractivity contribution in [3.05, 3.63) is 119 Å². The molecule has 0 saturated heterocycles. The quantitative estimate of drug-likeness (QED) is 0.203. The molecule has 0 saturated carbocycles. The van der Waals surface area contributed by atoms with E-state index in [1.54, 1.807) is 19.2 Å². The lowest BCUT2D eigenvalue weighted by atomic mass is 10.0. The molecule has 0 radical (unpaired) electrons. The molecule has 0 spiro atoms. The second-order valence-corrected chi connectivity index (χ2v) is 9.61. The molecule has 7 heteroatoms. The van der Waals surface area contributed by atoms with Gasteiger partial charge < -0.3 is 25.4 Å². The molecule has 0 aliphatic rings. The SMILES string of the molecule is COc1ccc(NCCNC(=O)[C@H](Cc2ccc(Oc3ccc(C)cc3)cc2)NC(=O)c2cccc(C)c2)cc1. The van der Waals surface area contributed by atoms with Gasteiger partial charge in [-0.3, -0.25) is 9.59 Å². The average Bonchev–Trinajstić information content (AvgIpc) is 2.97. The van der Waals surface area contributed by atoms with Crippen LogP contribution in [0.15, 0.2) is 97.1 Å². The molecule has 7 nitrogen and oxygen atoms in total. The molecule has 1 atom stereocenters. The van der Waals surface area contributed by atoms with E-state index in [1.165, 1.54) is 0 Å². The van der Waals surface area contributed by atoms with Crippen LogP contribution in [0.4, 0.5) is 5.69 Å². The summed E-state index contributed by atoms with van der Waals surface area (Å²) in [6, 6.07) is 29.5. The molecule has 0 aliphatic carbocycles. The summed E-state index contributed by atoms with van der Waals surface area (Å²) < 4.78 is 11.1. The molecule has 206 valence electrons. The molecule has 2 amide bonds. The molecule has 0 fully saturated rings. The van der Waals surface area contributed by atoms with Crippen LogP contribution < -0.4 is 25.4 Å². The Balaban J connectivity index is 1.39. The van der Waals surface area contributed by atoms with Gasteiger partial charge in [-0.05, 0) is 80.1 Å². The van der Waals surface area contributed by atoms with Gasteiger partial charge >= 0.3 is 0 Å². The van der Waals surface area contributed by atoms with Gasteiger partial charge in [0, 0.05) is 30.8 Å². The first-order valence-corrected chi connectivity index (χ1v) is 13.3. The van der Waals surface area contributed by atoms with Crippen molar-refractivity contribution in [1.82, 2.24) is 10.6 Å². The van der Waals surface area contributed by atoms with E-state index in [1.807, 2.05) is 98.8 Å². The van der Waals surface area contributed by atoms with Crippen LogP contribution in [-0.2, 0) is 11.2 Å². The summed E-state index contributed by atoms with van der Waals surface area (Å²) in [5.74, 6) is 1.68. The van der Waals surface area contributed by atoms with Gasteiger partial charge in [0.05, 0.1) is 7.11 Å². The summed E-state index contributed by atoms with van der Waals surface area (Å²) in [6.07, 6.45) is 0.333. The number of amides is 2. The average molecular weight is 538 g/mol. The first kappa shape index (κ1) is 28.2. The van der Waals surface area contributed by atoms with Crippen molar-refractivity contribution in [2.75, 3.05) is 25.5 Å². The van der Waals surface area contributed by atoms with Crippen LogP contribution in [0.5, 0.6) is 17.2 Å². The first-order chi connectivity index (χ1) is 19.4. The third-order valence-electron chi connectivity index (χ3n) is 6.37. The minimum absolute atomic E-state index is 0.252. The maximum absolute atomic E-state index is 13.2. The van der Waals surface area contributed by atoms with Gasteiger partial charge in [-0.1, -0.05) is 47.5 Å². The first-order valence-electron chi connectivity index (χ1n) is 13.3. The number of benzene rings is 4. The number of hydrogen-bond donors (Lipinski definition) is 3. The third-order valence-corrected chi connectivity index (χ3v) is 6.37. The van der Waals surface area contributed by atoms with E-state index >= 15 is 0 Å². The molecule has 3 N–H and O–H groups in total. The summed E-state index contributed by atoms with van der Waals surface area (Å²) in [6.45, 7) is 4.88. The predicted molar refractivity (Wildman–Crippen MR) is 158 cm³/mol. The fourth-order valence-electron chi connectivity index (χ4n) is 4.13. The van der Waals surface area contributed by atoms with Crippen molar-refractivity contribution in [1.29, 1.82) is 0 Å². The Morgan fingerprint density at radius 2 is 1.40 bits per heavy atom. The Morgan fingerprint density at radius 3 is 2.05 bits per heavy atom. The van der Waals surface area contributed by atoms with Gasteiger partial charge in [0.15, 0.2) is 0 Å². The number of methoxy groups -OCH3 is 1. The van der Waals surface area contributed by atoms with Gasteiger partial charge in [0.25, 0.3) is 5.91 Å². The molecule has 40 heavy (non-hydrogen) atoms. The number of hydrogen-bond acceptors (Lipinski definition) is 5. The molecule has 4 rings (SSSR count). The molecule has 0 heterocycles. The van der Waals surface area contributed by atoms with E-state index in [2.05, 4.69) is 16.0 Å². The van der Waals surface area contributed by atoms with Crippen molar-refractivity contribution in [2.45, 2.75) is 26.3 Å². The molecule has 4 aromatic rings. The number of carbonyl (C=O) groups excluding carboxylic acids is 2. The molecule has 4 aromatic carbocycles. The lowest BCUT2D eigenvalue weighted by Crippen LogP contribution is -2.48. The highest BCUT2D eigenvalue weighted by atomic mass is 16.5. The van der Waals surface area contributed by atoms with Crippen molar-refractivity contribution >= 4 is 17.5 Å². The van der Waals surface area contributed by atoms with Gasteiger partial charge in [0.1, 0.15) is 23.3 Å². The molecule has 0 unspecified atom stereocenters. The highest BCUT2D eigenvalue weighted by molar-refractivity contribution is 5.97. The standard InChI is InChI=1S/C33H35N3O4/c1-23-7-13-29(14-8-23)40-30-15-9-25(10-16-30)22-31(36-32(37)26-6-4-5-24(2)21-26)33(38)35-20-19-34-27-11-17-28(39-3)18-12-27/h4-18,21,31,34H,19-20,22H2,1-3H3,(H,35,38)(H,36,37)/t31-/m0/s1. The highest BCUT2D eigenvalue weighted by Crippen LogP contribution is 2.22. The van der Waals surface area contributed by atoms with Crippen molar-refractivity contribution in [2.24, 2.45) is 0 Å². The van der Waals surface area contributed by atoms with Crippen LogP contribution in [0.2, 0.25) is 0 Å². The predicted octanol–water partition coefficient (Wildman–Crippen LogP) is 5.67. The van der Waals surface area contributed by atoms with Gasteiger partial charge in [-0.2, -0.15) is 0 Å². The number of rotatable bonds is 12. The lowest BCUT2D eigenvalue weighted by molar-refractivity contribution is -0.122. The third kappa shape index (κ3) is 8.36. The largest absolute Gasteiger partial charge is 0.497 e. The second-order valence-electron chi connectivity index (χ2n) is 9.61. The molecular formula is C33H35N3O4. The number of nitrogens with one attached hydrogen (secondary N) is 3. The lowest BCUT2D eigenvalue weighted by Gasteiger charge is -2.19. The summed E-state index contributed by atoms with van der Waals surface area (Å²) in [5.41, 5.74) is 4.48. The Hall–Kier alpha value is -4.78. The number of ether oxygens (including phenoxy) is 2. The zero-order valence-corrected chi connectivity index (χ0v) is 23.1. The van der Waals surface area contributed by atoms with Crippen molar-refractivity contribution in [3.8, 4) is 17.2 Å². The minimum Gasteiger partial charge on any atom is -0.497 e. The summed E-state index contributed by atoms with van der Waals surface area (Å²) in [5, 5.41) is 9.14. The van der Waals surface area contributed by atoms with Crippen LogP contribution >= 0.6 is 0 Å². The van der Waals surface area contributed by atoms with Crippen molar-refractivity contribution in [3.63, 3.8) is 0 Å². The Kier molecular flexibility index (Phi) is 9.77. The van der Waals surface area contributed by atoms with Crippen LogP contribution in [0.1, 0.15) is 27.0 Å². The van der Waals surface area contributed by atoms with E-state index in [4.69, 9.17) is 9.47 Å². The fraction of sp³-hybridized carbons (Fsp3) is 0.212. The van der Waals surface area contributed by atoms with E-state index in [-0.39, 0.29) is 11.8 Å². The fourth-order valence-corrected chi connectivity index (χ4v) is 4.13. The minimum atomic E-state index is -0.752. The van der Waals surface area contributed by atoms with Crippen LogP contribution in [-0.4, -0.2) is 38.1 Å². The number of anilines is 1. The number of aryl methyl sites for hydroxylation is 2. The van der Waals surface area contributed by atoms with E-state index in [0.29, 0.717) is 30.8 Å². The maximum atomic E-state index is 13.2. The Labute approximate surface area is 235 Å². The Morgan fingerprint density at radius 1 is 0.750 bits per heavy atom. The molecule has 0 bridgehead atoms. The monoisotopic (exact) mass is 537 g/mol. The van der Waals surface area contributed by atoms with E-state index in [9.17, 15) is 9.59 Å². The summed E-state index contributed by atoms with van der Waals surface area (Å²) in [4.78, 5) is 26.2. The zero-order chi connectivity index (χ0) is 28.3. The van der Waals surface area contributed by atoms with Crippen LogP contribution in [0.3, 0.4) is 0 Å². The zero-order valence-electron chi connectivity index (χ0n) is 23.1. The molecule has 0 aliphatic heterocycles. The summed E-state index contributed by atoms with van der Waals surface area (Å²) in [7, 11) is 1.62. The normalized spacial score (nSPS) is 11.3. The molecule has 0 aromatic heterocycles. The molecular weight excluding hydrogens is 502 g/mol.